The second-order valence-corrected chi connectivity index (χ2v) is 14.6. The SMILES string of the molecule is COc1cc(C(=O)N2C[C@H](N)[C@@H]3CC[C@H]2C3)cc2nc(-c3cc4ccc5cc4n3CCCCCCC(C)(C)C(=O)N[C@@H]5C)n(C)c12. The number of amides is 2. The van der Waals surface area contributed by atoms with Crippen molar-refractivity contribution in [1.82, 2.24) is 24.3 Å². The Bertz CT molecular complexity index is 1820. The van der Waals surface area contributed by atoms with Gasteiger partial charge in [0.25, 0.3) is 5.91 Å². The number of carbonyl (C=O) groups excluding carboxylic acids is 2. The first-order valence-electron chi connectivity index (χ1n) is 17.1. The summed E-state index contributed by atoms with van der Waals surface area (Å²) < 4.78 is 10.4. The van der Waals surface area contributed by atoms with Gasteiger partial charge in [0, 0.05) is 54.1 Å². The highest BCUT2D eigenvalue weighted by molar-refractivity contribution is 6.00. The predicted molar refractivity (Wildman–Crippen MR) is 182 cm³/mol. The molecule has 7 rings (SSSR count). The molecule has 0 unspecified atom stereocenters. The van der Waals surface area contributed by atoms with Crippen molar-refractivity contribution in [3.8, 4) is 17.3 Å². The molecule has 4 atom stereocenters. The Morgan fingerprint density at radius 3 is 2.70 bits per heavy atom. The molecule has 4 aromatic rings. The molecule has 2 aliphatic heterocycles. The molecular weight excluding hydrogens is 576 g/mol. The Morgan fingerprint density at radius 2 is 1.89 bits per heavy atom. The number of methoxy groups -OCH3 is 1. The number of benzene rings is 2. The van der Waals surface area contributed by atoms with Crippen LogP contribution in [-0.2, 0) is 18.4 Å². The van der Waals surface area contributed by atoms with Crippen molar-refractivity contribution < 1.29 is 14.3 Å². The minimum atomic E-state index is -0.387. The fourth-order valence-corrected chi connectivity index (χ4v) is 8.17. The molecule has 1 aliphatic carbocycles. The maximum atomic E-state index is 13.9. The smallest absolute Gasteiger partial charge is 0.254 e. The molecule has 46 heavy (non-hydrogen) atoms. The zero-order chi connectivity index (χ0) is 32.3. The molecule has 3 N–H and O–H groups in total. The fourth-order valence-electron chi connectivity index (χ4n) is 8.17. The molecule has 1 saturated carbocycles. The summed E-state index contributed by atoms with van der Waals surface area (Å²) in [6.45, 7) is 7.64. The number of hydrogen-bond donors (Lipinski definition) is 2. The van der Waals surface area contributed by atoms with Crippen molar-refractivity contribution >= 4 is 33.8 Å². The number of ether oxygens (including phenoxy) is 1. The van der Waals surface area contributed by atoms with Gasteiger partial charge in [0.15, 0.2) is 5.82 Å². The number of nitrogens with zero attached hydrogens (tertiary/aromatic N) is 4. The van der Waals surface area contributed by atoms with E-state index in [-0.39, 0.29) is 35.4 Å². The Morgan fingerprint density at radius 1 is 1.09 bits per heavy atom. The summed E-state index contributed by atoms with van der Waals surface area (Å²) in [4.78, 5) is 34.2. The third-order valence-corrected chi connectivity index (χ3v) is 11.1. The van der Waals surface area contributed by atoms with E-state index in [4.69, 9.17) is 15.5 Å². The van der Waals surface area contributed by atoms with Crippen LogP contribution in [0.25, 0.3) is 33.5 Å². The first-order valence-corrected chi connectivity index (χ1v) is 17.1. The maximum absolute atomic E-state index is 13.9. The van der Waals surface area contributed by atoms with E-state index in [1.54, 1.807) is 7.11 Å². The molecule has 1 saturated heterocycles. The molecule has 3 aliphatic rings. The van der Waals surface area contributed by atoms with Crippen molar-refractivity contribution in [2.24, 2.45) is 24.1 Å². The number of hydrogen-bond acceptors (Lipinski definition) is 5. The van der Waals surface area contributed by atoms with Crippen molar-refractivity contribution in [3.05, 3.63) is 47.5 Å². The second kappa shape index (κ2) is 11.7. The van der Waals surface area contributed by atoms with Gasteiger partial charge >= 0.3 is 0 Å². The minimum absolute atomic E-state index is 0.00704. The van der Waals surface area contributed by atoms with Crippen molar-refractivity contribution in [1.29, 1.82) is 0 Å². The maximum Gasteiger partial charge on any atom is 0.254 e. The molecule has 9 heteroatoms. The molecule has 0 spiro atoms. The lowest BCUT2D eigenvalue weighted by atomic mass is 9.85. The quantitative estimate of drug-likeness (QED) is 0.277. The number of nitrogens with one attached hydrogen (secondary N) is 1. The summed E-state index contributed by atoms with van der Waals surface area (Å²) in [6, 6.07) is 12.7. The average Bonchev–Trinajstić information content (AvgIpc) is 3.73. The standard InChI is InChI=1S/C37H48N6O3/c1-22-23-10-11-25-19-31(42(30(25)18-23)15-9-7-6-8-14-37(2,3)36(45)39-22)34-40-29-17-26(20-32(46-5)33(29)41(34)4)35(44)43-21-28(38)24-12-13-27(43)16-24/h10-11,17-20,22,24,27-28H,6-9,12-16,21,38H2,1-5H3,(H,39,45)/t22-,24-,27+,28+/m1/s1. The number of carbonyl (C=O) groups is 2. The molecule has 2 aromatic carbocycles. The highest BCUT2D eigenvalue weighted by Gasteiger charge is 2.41. The van der Waals surface area contributed by atoms with E-state index in [0.29, 0.717) is 23.8 Å². The average molecular weight is 625 g/mol. The molecule has 244 valence electrons. The van der Waals surface area contributed by atoms with E-state index in [9.17, 15) is 9.59 Å². The lowest BCUT2D eigenvalue weighted by molar-refractivity contribution is -0.130. The van der Waals surface area contributed by atoms with Crippen LogP contribution in [0, 0.1) is 11.3 Å². The van der Waals surface area contributed by atoms with Crippen LogP contribution in [0.15, 0.2) is 36.4 Å². The van der Waals surface area contributed by atoms with Crippen LogP contribution < -0.4 is 15.8 Å². The van der Waals surface area contributed by atoms with E-state index in [1.807, 2.05) is 24.1 Å². The summed E-state index contributed by atoms with van der Waals surface area (Å²) in [7, 11) is 3.68. The zero-order valence-electron chi connectivity index (χ0n) is 27.9. The summed E-state index contributed by atoms with van der Waals surface area (Å²) in [6.07, 6.45) is 8.25. The van der Waals surface area contributed by atoms with E-state index in [1.165, 1.54) is 0 Å². The van der Waals surface area contributed by atoms with Crippen LogP contribution in [0.5, 0.6) is 5.75 Å². The van der Waals surface area contributed by atoms with Gasteiger partial charge in [-0.1, -0.05) is 45.2 Å². The predicted octanol–water partition coefficient (Wildman–Crippen LogP) is 6.32. The Hall–Kier alpha value is -3.85. The number of piperidine rings is 1. The third kappa shape index (κ3) is 5.26. The van der Waals surface area contributed by atoms with Gasteiger partial charge in [-0.05, 0) is 74.8 Å². The number of aryl methyl sites for hydroxylation is 2. The van der Waals surface area contributed by atoms with Crippen LogP contribution >= 0.6 is 0 Å². The van der Waals surface area contributed by atoms with Crippen molar-refractivity contribution in [2.45, 2.75) is 96.8 Å². The summed E-state index contributed by atoms with van der Waals surface area (Å²) >= 11 is 0. The number of imidazole rings is 1. The zero-order valence-corrected chi connectivity index (χ0v) is 27.9. The lowest BCUT2D eigenvalue weighted by Gasteiger charge is -2.37. The molecule has 2 amide bonds. The lowest BCUT2D eigenvalue weighted by Crippen LogP contribution is -2.51. The fraction of sp³-hybridized carbons (Fsp3) is 0.541. The Labute approximate surface area is 271 Å². The molecule has 2 fully saturated rings. The molecule has 4 bridgehead atoms. The van der Waals surface area contributed by atoms with Gasteiger partial charge in [0.1, 0.15) is 11.3 Å². The second-order valence-electron chi connectivity index (χ2n) is 14.6. The minimum Gasteiger partial charge on any atom is -0.494 e. The van der Waals surface area contributed by atoms with Gasteiger partial charge in [-0.25, -0.2) is 4.98 Å². The molecule has 2 aromatic heterocycles. The topological polar surface area (TPSA) is 107 Å². The van der Waals surface area contributed by atoms with Crippen LogP contribution in [0.1, 0.15) is 94.1 Å². The summed E-state index contributed by atoms with van der Waals surface area (Å²) in [5, 5.41) is 4.41. The van der Waals surface area contributed by atoms with Crippen molar-refractivity contribution in [3.63, 3.8) is 0 Å². The Kier molecular flexibility index (Phi) is 7.86. The number of aromatic nitrogens is 3. The molecule has 4 heterocycles. The van der Waals surface area contributed by atoms with Gasteiger partial charge in [0.05, 0.1) is 24.4 Å². The van der Waals surface area contributed by atoms with Crippen LogP contribution in [-0.4, -0.2) is 56.6 Å². The highest BCUT2D eigenvalue weighted by atomic mass is 16.5. The number of likely N-dealkylation sites (tertiary alicyclic amines) is 1. The van der Waals surface area contributed by atoms with Gasteiger partial charge in [-0.2, -0.15) is 0 Å². The number of rotatable bonds is 3. The monoisotopic (exact) mass is 624 g/mol. The largest absolute Gasteiger partial charge is 0.494 e. The third-order valence-electron chi connectivity index (χ3n) is 11.1. The van der Waals surface area contributed by atoms with Crippen molar-refractivity contribution in [2.75, 3.05) is 13.7 Å². The van der Waals surface area contributed by atoms with Gasteiger partial charge < -0.3 is 29.8 Å². The molecule has 0 radical (unpaired) electrons. The van der Waals surface area contributed by atoms with Gasteiger partial charge in [-0.15, -0.1) is 0 Å². The van der Waals surface area contributed by atoms with Gasteiger partial charge in [0.2, 0.25) is 5.91 Å². The van der Waals surface area contributed by atoms with E-state index < -0.39 is 0 Å². The number of nitrogens with two attached hydrogens (primary N) is 1. The first kappa shape index (κ1) is 30.8. The summed E-state index contributed by atoms with van der Waals surface area (Å²) in [5.41, 5.74) is 11.5. The normalized spacial score (nSPS) is 25.2. The van der Waals surface area contributed by atoms with E-state index in [0.717, 1.165) is 96.9 Å². The number of fused-ring (bicyclic) bond motifs is 4. The van der Waals surface area contributed by atoms with Crippen LogP contribution in [0.2, 0.25) is 0 Å². The van der Waals surface area contributed by atoms with E-state index in [2.05, 4.69) is 59.5 Å². The molecule has 9 nitrogen and oxygen atoms in total. The van der Waals surface area contributed by atoms with E-state index >= 15 is 0 Å². The van der Waals surface area contributed by atoms with Gasteiger partial charge in [-0.3, -0.25) is 9.59 Å². The first-order chi connectivity index (χ1) is 22.1. The Balaban J connectivity index is 1.30. The molecular formula is C37H48N6O3. The highest BCUT2D eigenvalue weighted by Crippen LogP contribution is 2.39. The van der Waals surface area contributed by atoms with Crippen LogP contribution in [0.4, 0.5) is 0 Å². The van der Waals surface area contributed by atoms with Crippen LogP contribution in [0.3, 0.4) is 0 Å². The summed E-state index contributed by atoms with van der Waals surface area (Å²) in [5.74, 6) is 2.11.